The van der Waals surface area contributed by atoms with Crippen molar-refractivity contribution in [3.05, 3.63) is 47.7 Å². The van der Waals surface area contributed by atoms with E-state index in [1.807, 2.05) is 33.8 Å². The summed E-state index contributed by atoms with van der Waals surface area (Å²) in [4.78, 5) is 11.9. The summed E-state index contributed by atoms with van der Waals surface area (Å²) in [7, 11) is -2.73. The highest BCUT2D eigenvalue weighted by molar-refractivity contribution is 7.89. The van der Waals surface area contributed by atoms with Crippen LogP contribution < -0.4 is 0 Å². The van der Waals surface area contributed by atoms with E-state index in [0.717, 1.165) is 5.56 Å². The Kier molecular flexibility index (Phi) is 6.19. The van der Waals surface area contributed by atoms with Crippen molar-refractivity contribution in [2.24, 2.45) is 5.41 Å². The van der Waals surface area contributed by atoms with Gasteiger partial charge in [-0.1, -0.05) is 38.5 Å². The van der Waals surface area contributed by atoms with Crippen molar-refractivity contribution in [3.63, 3.8) is 0 Å². The number of hydrogen-bond acceptors (Lipinski definition) is 4. The Balaban J connectivity index is 2.73. The number of sulfonamides is 1. The van der Waals surface area contributed by atoms with Crippen LogP contribution in [0, 0.1) is 12.3 Å². The lowest BCUT2D eigenvalue weighted by Crippen LogP contribution is -2.33. The molecule has 1 rings (SSSR count). The van der Waals surface area contributed by atoms with Crippen LogP contribution in [0.15, 0.2) is 47.0 Å². The Bertz CT molecular complexity index is 706. The zero-order valence-corrected chi connectivity index (χ0v) is 15.0. The van der Waals surface area contributed by atoms with Gasteiger partial charge in [-0.2, -0.15) is 0 Å². The molecule has 0 unspecified atom stereocenters. The lowest BCUT2D eigenvalue weighted by Gasteiger charge is -2.16. The summed E-state index contributed by atoms with van der Waals surface area (Å²) < 4.78 is 30.1. The van der Waals surface area contributed by atoms with Gasteiger partial charge in [0, 0.05) is 7.05 Å². The molecule has 0 bridgehead atoms. The van der Waals surface area contributed by atoms with Gasteiger partial charge < -0.3 is 4.74 Å². The average molecular weight is 337 g/mol. The molecule has 0 aromatic heterocycles. The molecule has 6 heteroatoms. The Hall–Kier alpha value is -2.04. The van der Waals surface area contributed by atoms with Gasteiger partial charge in [-0.25, -0.2) is 17.5 Å². The fourth-order valence-corrected chi connectivity index (χ4v) is 2.57. The van der Waals surface area contributed by atoms with Crippen molar-refractivity contribution in [2.75, 3.05) is 13.7 Å². The highest BCUT2D eigenvalue weighted by Crippen LogP contribution is 2.16. The van der Waals surface area contributed by atoms with Crippen molar-refractivity contribution in [1.29, 1.82) is 0 Å². The van der Waals surface area contributed by atoms with E-state index in [1.165, 1.54) is 25.3 Å². The fraction of sp³-hybridized carbons (Fsp3) is 0.412. The quantitative estimate of drug-likeness (QED) is 0.789. The number of ether oxygens (including phenoxy) is 1. The molecule has 1 aromatic carbocycles. The summed E-state index contributed by atoms with van der Waals surface area (Å²) in [5.41, 5.74) is 3.81. The summed E-state index contributed by atoms with van der Waals surface area (Å²) in [5.74, 6) is 0. The minimum atomic E-state index is -3.90. The van der Waals surface area contributed by atoms with E-state index in [0.29, 0.717) is 4.31 Å². The first kappa shape index (κ1) is 19.0. The molecule has 0 radical (unpaired) electrons. The SMILES string of the molecule is Cc1ccc(S(=O)(=O)N(C)C(=O)OCC=C=CC(C)(C)C)cc1. The third-order valence-corrected chi connectivity index (χ3v) is 4.60. The number of hydrogen-bond donors (Lipinski definition) is 0. The molecule has 0 heterocycles. The topological polar surface area (TPSA) is 63.7 Å². The summed E-state index contributed by atoms with van der Waals surface area (Å²) in [6.45, 7) is 7.86. The zero-order chi connectivity index (χ0) is 17.7. The maximum Gasteiger partial charge on any atom is 0.423 e. The van der Waals surface area contributed by atoms with Crippen LogP contribution in [0.5, 0.6) is 0 Å². The fourth-order valence-electron chi connectivity index (χ4n) is 1.53. The van der Waals surface area contributed by atoms with Gasteiger partial charge in [0.15, 0.2) is 0 Å². The van der Waals surface area contributed by atoms with Crippen LogP contribution in [0.3, 0.4) is 0 Å². The van der Waals surface area contributed by atoms with Gasteiger partial charge >= 0.3 is 6.09 Å². The van der Waals surface area contributed by atoms with Crippen LogP contribution in [0.25, 0.3) is 0 Å². The largest absolute Gasteiger partial charge is 0.444 e. The highest BCUT2D eigenvalue weighted by atomic mass is 32.2. The van der Waals surface area contributed by atoms with Gasteiger partial charge in [-0.15, -0.1) is 5.73 Å². The van der Waals surface area contributed by atoms with Gasteiger partial charge in [0.25, 0.3) is 10.0 Å². The first-order chi connectivity index (χ1) is 10.5. The molecule has 0 aliphatic rings. The van der Waals surface area contributed by atoms with E-state index in [9.17, 15) is 13.2 Å². The van der Waals surface area contributed by atoms with E-state index in [2.05, 4.69) is 5.73 Å². The number of rotatable bonds is 4. The molecule has 23 heavy (non-hydrogen) atoms. The predicted octanol–water partition coefficient (Wildman–Crippen LogP) is 3.51. The van der Waals surface area contributed by atoms with Crippen molar-refractivity contribution in [3.8, 4) is 0 Å². The number of benzene rings is 1. The molecule has 1 aromatic rings. The van der Waals surface area contributed by atoms with Crippen molar-refractivity contribution in [2.45, 2.75) is 32.6 Å². The van der Waals surface area contributed by atoms with Gasteiger partial charge in [0.2, 0.25) is 0 Å². The molecule has 0 aliphatic carbocycles. The van der Waals surface area contributed by atoms with Crippen LogP contribution in [-0.2, 0) is 14.8 Å². The van der Waals surface area contributed by atoms with Crippen molar-refractivity contribution < 1.29 is 17.9 Å². The number of nitrogens with zero attached hydrogens (tertiary/aromatic N) is 1. The Morgan fingerprint density at radius 3 is 2.35 bits per heavy atom. The van der Waals surface area contributed by atoms with E-state index in [4.69, 9.17) is 4.74 Å². The minimum Gasteiger partial charge on any atom is -0.444 e. The normalized spacial score (nSPS) is 11.3. The van der Waals surface area contributed by atoms with Crippen molar-refractivity contribution in [1.82, 2.24) is 4.31 Å². The first-order valence-electron chi connectivity index (χ1n) is 7.18. The second-order valence-electron chi connectivity index (χ2n) is 6.24. The lowest BCUT2D eigenvalue weighted by molar-refractivity contribution is 0.142. The first-order valence-corrected chi connectivity index (χ1v) is 8.62. The zero-order valence-electron chi connectivity index (χ0n) is 14.2. The average Bonchev–Trinajstić information content (AvgIpc) is 2.45. The second-order valence-corrected chi connectivity index (χ2v) is 8.21. The molecule has 0 atom stereocenters. The van der Waals surface area contributed by atoms with E-state index < -0.39 is 16.1 Å². The lowest BCUT2D eigenvalue weighted by atomic mass is 9.97. The van der Waals surface area contributed by atoms with Crippen LogP contribution >= 0.6 is 0 Å². The second kappa shape index (κ2) is 7.49. The summed E-state index contributed by atoms with van der Waals surface area (Å²) >= 11 is 0. The van der Waals surface area contributed by atoms with Crippen LogP contribution in [0.4, 0.5) is 4.79 Å². The standard InChI is InChI=1S/C17H23NO4S/c1-14-8-10-15(11-9-14)23(20,21)18(5)16(19)22-13-7-6-12-17(2,3)4/h7-12H,13H2,1-5H3. The maximum absolute atomic E-state index is 12.3. The maximum atomic E-state index is 12.3. The predicted molar refractivity (Wildman–Crippen MR) is 89.6 cm³/mol. The van der Waals surface area contributed by atoms with Crippen molar-refractivity contribution >= 4 is 16.1 Å². The van der Waals surface area contributed by atoms with E-state index in [-0.39, 0.29) is 16.9 Å². The van der Waals surface area contributed by atoms with Crippen LogP contribution in [0.2, 0.25) is 0 Å². The summed E-state index contributed by atoms with van der Waals surface area (Å²) in [6.07, 6.45) is 2.45. The van der Waals surface area contributed by atoms with E-state index >= 15 is 0 Å². The molecule has 0 saturated heterocycles. The molecule has 0 spiro atoms. The van der Waals surface area contributed by atoms with Gasteiger partial charge in [-0.05, 0) is 36.6 Å². The molecule has 0 fully saturated rings. The smallest absolute Gasteiger partial charge is 0.423 e. The Labute approximate surface area is 138 Å². The summed E-state index contributed by atoms with van der Waals surface area (Å²) in [5, 5.41) is 0. The molecular formula is C17H23NO4S. The molecule has 0 aliphatic heterocycles. The van der Waals surface area contributed by atoms with Crippen LogP contribution in [0.1, 0.15) is 26.3 Å². The molecule has 1 amide bonds. The third kappa shape index (κ3) is 5.93. The molecule has 0 saturated carbocycles. The Morgan fingerprint density at radius 2 is 1.83 bits per heavy atom. The molecule has 5 nitrogen and oxygen atoms in total. The molecule has 126 valence electrons. The highest BCUT2D eigenvalue weighted by Gasteiger charge is 2.26. The van der Waals surface area contributed by atoms with E-state index in [1.54, 1.807) is 12.1 Å². The monoisotopic (exact) mass is 337 g/mol. The van der Waals surface area contributed by atoms with Crippen LogP contribution in [-0.4, -0.2) is 32.5 Å². The number of carbonyl (C=O) groups excluding carboxylic acids is 1. The molecule has 0 N–H and O–H groups in total. The third-order valence-electron chi connectivity index (χ3n) is 2.86. The number of amides is 1. The minimum absolute atomic E-state index is 0.0217. The Morgan fingerprint density at radius 1 is 1.26 bits per heavy atom. The van der Waals surface area contributed by atoms with Gasteiger partial charge in [0.1, 0.15) is 6.61 Å². The van der Waals surface area contributed by atoms with Gasteiger partial charge in [-0.3, -0.25) is 0 Å². The molecular weight excluding hydrogens is 314 g/mol. The summed E-state index contributed by atoms with van der Waals surface area (Å²) in [6, 6.07) is 6.26. The number of aryl methyl sites for hydroxylation is 1. The number of carbonyl (C=O) groups is 1. The van der Waals surface area contributed by atoms with Gasteiger partial charge in [0.05, 0.1) is 4.90 Å².